The molecule has 1 aromatic carbocycles. The first-order valence-electron chi connectivity index (χ1n) is 5.99. The normalized spacial score (nSPS) is 9.19. The molecule has 0 N–H and O–H groups in total. The quantitative estimate of drug-likeness (QED) is 0.199. The minimum Gasteiger partial charge on any atom is -0.459 e. The molecule has 0 bridgehead atoms. The number of hydrogen-bond acceptors (Lipinski definition) is 6. The standard InChI is InChI=1S/C14H14N2O5/c1-3-13(18)20-8-9-21-14(19)16(15-10-17)12-6-4-11(2)5-7-12/h3-7H,1,8-9H2,2H3. The van der Waals surface area contributed by atoms with E-state index in [0.717, 1.165) is 16.6 Å². The largest absolute Gasteiger partial charge is 0.459 e. The minimum atomic E-state index is -0.878. The Morgan fingerprint density at radius 1 is 1.29 bits per heavy atom. The lowest BCUT2D eigenvalue weighted by molar-refractivity contribution is -0.138. The van der Waals surface area contributed by atoms with Crippen LogP contribution in [0, 0.1) is 6.92 Å². The molecule has 0 aliphatic carbocycles. The minimum absolute atomic E-state index is 0.122. The summed E-state index contributed by atoms with van der Waals surface area (Å²) >= 11 is 0. The molecule has 0 fully saturated rings. The Labute approximate surface area is 121 Å². The highest BCUT2D eigenvalue weighted by molar-refractivity contribution is 5.87. The average molecular weight is 290 g/mol. The summed E-state index contributed by atoms with van der Waals surface area (Å²) in [4.78, 5) is 33.0. The third-order valence-corrected chi connectivity index (χ3v) is 2.31. The number of carbonyl (C=O) groups excluding carboxylic acids is 3. The molecule has 0 aliphatic rings. The fraction of sp³-hybridized carbons (Fsp3) is 0.214. The first kappa shape index (κ1) is 16.1. The van der Waals surface area contributed by atoms with Crippen LogP contribution in [0.3, 0.4) is 0 Å². The molecule has 7 nitrogen and oxygen atoms in total. The molecule has 0 saturated carbocycles. The second-order valence-electron chi connectivity index (χ2n) is 3.82. The van der Waals surface area contributed by atoms with Crippen LogP contribution < -0.4 is 5.01 Å². The van der Waals surface area contributed by atoms with Gasteiger partial charge in [-0.1, -0.05) is 29.4 Å². The van der Waals surface area contributed by atoms with Crippen molar-refractivity contribution in [3.8, 4) is 0 Å². The highest BCUT2D eigenvalue weighted by Crippen LogP contribution is 2.16. The molecule has 0 spiro atoms. The Kier molecular flexibility index (Phi) is 6.37. The van der Waals surface area contributed by atoms with E-state index < -0.39 is 12.1 Å². The van der Waals surface area contributed by atoms with Gasteiger partial charge in [-0.25, -0.2) is 14.4 Å². The highest BCUT2D eigenvalue weighted by Gasteiger charge is 2.16. The van der Waals surface area contributed by atoms with Gasteiger partial charge in [-0.05, 0) is 19.1 Å². The van der Waals surface area contributed by atoms with Crippen molar-refractivity contribution in [3.05, 3.63) is 42.5 Å². The third-order valence-electron chi connectivity index (χ3n) is 2.31. The predicted octanol–water partition coefficient (Wildman–Crippen LogP) is 1.92. The Hall–Kier alpha value is -2.92. The van der Waals surface area contributed by atoms with Crippen molar-refractivity contribution in [2.24, 2.45) is 5.10 Å². The lowest BCUT2D eigenvalue weighted by Gasteiger charge is -2.15. The molecule has 7 heteroatoms. The zero-order valence-corrected chi connectivity index (χ0v) is 11.4. The second kappa shape index (κ2) is 8.29. The molecular formula is C14H14N2O5. The average Bonchev–Trinajstić information content (AvgIpc) is 2.49. The van der Waals surface area contributed by atoms with E-state index in [1.54, 1.807) is 24.3 Å². The SMILES string of the molecule is C=CC(=O)OCCOC(=O)N(N=C=O)c1ccc(C)cc1. The van der Waals surface area contributed by atoms with Crippen LogP contribution in [0.5, 0.6) is 0 Å². The number of esters is 1. The third kappa shape index (κ3) is 5.30. The van der Waals surface area contributed by atoms with Crippen molar-refractivity contribution in [3.63, 3.8) is 0 Å². The molecule has 1 aromatic rings. The lowest BCUT2D eigenvalue weighted by Crippen LogP contribution is -2.27. The summed E-state index contributed by atoms with van der Waals surface area (Å²) in [5, 5.41) is 4.05. The molecule has 1 amide bonds. The maximum Gasteiger partial charge on any atom is 0.436 e. The van der Waals surface area contributed by atoms with Gasteiger partial charge in [0, 0.05) is 6.08 Å². The van der Waals surface area contributed by atoms with Crippen molar-refractivity contribution in [1.82, 2.24) is 0 Å². The summed E-state index contributed by atoms with van der Waals surface area (Å²) in [5.41, 5.74) is 1.34. The Bertz CT molecular complexity index is 561. The van der Waals surface area contributed by atoms with E-state index in [2.05, 4.69) is 16.4 Å². The molecule has 0 aromatic heterocycles. The van der Waals surface area contributed by atoms with Gasteiger partial charge in [0.15, 0.2) is 0 Å². The zero-order chi connectivity index (χ0) is 15.7. The Balaban J connectivity index is 2.62. The van der Waals surface area contributed by atoms with E-state index in [9.17, 15) is 14.4 Å². The number of nitrogens with zero attached hydrogens (tertiary/aromatic N) is 2. The summed E-state index contributed by atoms with van der Waals surface area (Å²) in [7, 11) is 0. The number of aryl methyl sites for hydroxylation is 1. The van der Waals surface area contributed by atoms with Crippen molar-refractivity contribution in [1.29, 1.82) is 0 Å². The fourth-order valence-corrected chi connectivity index (χ4v) is 1.32. The van der Waals surface area contributed by atoms with Crippen LogP contribution in [0.1, 0.15) is 5.56 Å². The number of anilines is 1. The molecule has 110 valence electrons. The van der Waals surface area contributed by atoms with Crippen molar-refractivity contribution >= 4 is 23.8 Å². The van der Waals surface area contributed by atoms with Gasteiger partial charge >= 0.3 is 12.1 Å². The first-order valence-corrected chi connectivity index (χ1v) is 5.99. The maximum absolute atomic E-state index is 11.8. The number of hydrogen-bond donors (Lipinski definition) is 0. The Morgan fingerprint density at radius 3 is 2.48 bits per heavy atom. The van der Waals surface area contributed by atoms with Gasteiger partial charge < -0.3 is 9.47 Å². The van der Waals surface area contributed by atoms with Crippen LogP contribution in [0.4, 0.5) is 10.5 Å². The lowest BCUT2D eigenvalue weighted by atomic mass is 10.2. The van der Waals surface area contributed by atoms with E-state index >= 15 is 0 Å². The summed E-state index contributed by atoms with van der Waals surface area (Å²) in [6, 6.07) is 6.72. The van der Waals surface area contributed by atoms with Gasteiger partial charge in [-0.3, -0.25) is 0 Å². The number of benzene rings is 1. The highest BCUT2D eigenvalue weighted by atomic mass is 16.6. The monoisotopic (exact) mass is 290 g/mol. The fourth-order valence-electron chi connectivity index (χ4n) is 1.32. The summed E-state index contributed by atoms with van der Waals surface area (Å²) in [6.45, 7) is 4.81. The maximum atomic E-state index is 11.8. The van der Waals surface area contributed by atoms with E-state index in [1.807, 2.05) is 6.92 Å². The predicted molar refractivity (Wildman–Crippen MR) is 74.3 cm³/mol. The number of ether oxygens (including phenoxy) is 2. The van der Waals surface area contributed by atoms with E-state index in [0.29, 0.717) is 5.69 Å². The van der Waals surface area contributed by atoms with Gasteiger partial charge in [0.2, 0.25) is 0 Å². The molecule has 0 unspecified atom stereocenters. The van der Waals surface area contributed by atoms with E-state index in [-0.39, 0.29) is 13.2 Å². The summed E-state index contributed by atoms with van der Waals surface area (Å²) in [5.74, 6) is -0.618. The van der Waals surface area contributed by atoms with Crippen molar-refractivity contribution < 1.29 is 23.9 Å². The molecule has 1 rings (SSSR count). The van der Waals surface area contributed by atoms with Crippen molar-refractivity contribution in [2.75, 3.05) is 18.2 Å². The molecule has 21 heavy (non-hydrogen) atoms. The number of amides is 1. The molecular weight excluding hydrogens is 276 g/mol. The molecule has 0 saturated heterocycles. The van der Waals surface area contributed by atoms with Crippen LogP contribution in [0.2, 0.25) is 0 Å². The van der Waals surface area contributed by atoms with Gasteiger partial charge in [0.1, 0.15) is 13.2 Å². The van der Waals surface area contributed by atoms with Crippen LogP contribution in [-0.4, -0.2) is 31.4 Å². The topological polar surface area (TPSA) is 85.3 Å². The van der Waals surface area contributed by atoms with E-state index in [4.69, 9.17) is 4.74 Å². The molecule has 0 radical (unpaired) electrons. The van der Waals surface area contributed by atoms with Gasteiger partial charge in [0.25, 0.3) is 6.08 Å². The van der Waals surface area contributed by atoms with E-state index in [1.165, 1.54) is 6.08 Å². The molecule has 0 heterocycles. The van der Waals surface area contributed by atoms with Crippen LogP contribution in [0.15, 0.2) is 42.0 Å². The smallest absolute Gasteiger partial charge is 0.436 e. The zero-order valence-electron chi connectivity index (χ0n) is 11.4. The van der Waals surface area contributed by atoms with Crippen LogP contribution >= 0.6 is 0 Å². The Morgan fingerprint density at radius 2 is 1.90 bits per heavy atom. The van der Waals surface area contributed by atoms with Crippen molar-refractivity contribution in [2.45, 2.75) is 6.92 Å². The molecule has 0 aliphatic heterocycles. The number of carbonyl (C=O) groups is 2. The number of rotatable bonds is 6. The van der Waals surface area contributed by atoms with Crippen LogP contribution in [-0.2, 0) is 19.1 Å². The van der Waals surface area contributed by atoms with Crippen LogP contribution in [0.25, 0.3) is 0 Å². The van der Waals surface area contributed by atoms with Gasteiger partial charge in [-0.15, -0.1) is 0 Å². The molecule has 0 atom stereocenters. The number of hydrazone groups is 1. The summed E-state index contributed by atoms with van der Waals surface area (Å²) in [6.07, 6.45) is 1.40. The number of isocyanates is 1. The summed E-state index contributed by atoms with van der Waals surface area (Å²) < 4.78 is 9.48. The van der Waals surface area contributed by atoms with Gasteiger partial charge in [0.05, 0.1) is 5.69 Å². The first-order chi connectivity index (χ1) is 10.1. The van der Waals surface area contributed by atoms with Gasteiger partial charge in [-0.2, -0.15) is 5.01 Å². The second-order valence-corrected chi connectivity index (χ2v) is 3.82.